The maximum absolute atomic E-state index is 5.14. The normalized spacial score (nSPS) is 11.8. The van der Waals surface area contributed by atoms with E-state index in [1.54, 1.807) is 0 Å². The van der Waals surface area contributed by atoms with Gasteiger partial charge in [0.05, 0.1) is 66.9 Å². The molecule has 0 saturated carbocycles. The molecule has 22 rings (SSSR count). The van der Waals surface area contributed by atoms with Gasteiger partial charge in [-0.3, -0.25) is 0 Å². The van der Waals surface area contributed by atoms with Gasteiger partial charge in [-0.15, -0.1) is 0 Å². The molecule has 22 aromatic rings. The van der Waals surface area contributed by atoms with Crippen LogP contribution in [0.2, 0.25) is 0 Å². The molecular weight excluding hydrogens is 1480 g/mol. The van der Waals surface area contributed by atoms with Gasteiger partial charge in [-0.05, 0) is 185 Å². The summed E-state index contributed by atoms with van der Waals surface area (Å²) in [7, 11) is 0. The van der Waals surface area contributed by atoms with Crippen LogP contribution >= 0.6 is 0 Å². The molecule has 584 valence electrons. The van der Waals surface area contributed by atoms with E-state index in [-0.39, 0.29) is 5.41 Å². The van der Waals surface area contributed by atoms with Crippen LogP contribution in [0.4, 0.5) is 0 Å². The third-order valence-electron chi connectivity index (χ3n) is 24.4. The predicted octanol–water partition coefficient (Wildman–Crippen LogP) is 30.1. The molecular formula is C114H88N8. The minimum atomic E-state index is 0.0758. The highest BCUT2D eigenvalue weighted by Crippen LogP contribution is 2.43. The number of unbranched alkanes of at least 4 members (excludes halogenated alkanes) is 3. The van der Waals surface area contributed by atoms with Crippen LogP contribution in [0.1, 0.15) is 64.5 Å². The lowest BCUT2D eigenvalue weighted by molar-refractivity contribution is 0.590. The standard InChI is InChI=1S/C58H46N4.C56H42N4/c1-2-3-4-7-16-40-25-27-41(28-26-40)52-39-53(60-58(59-52)43-17-8-5-9-18-43)42-29-33-47(34-30-42)62-55-24-15-13-22-49(55)51-38-45(32-36-57(51)62)44-31-35-56-50(37-44)48-21-12-14-23-54(48)61(56)46-19-10-6-11-20-46;1-56(2,3)42-28-22-37(23-29-42)49-36-50(58-55(57-49)39-14-6-4-7-15-39)38-24-30-44(31-25-38)60-52-21-13-11-19-46(52)48-35-41(27-33-54(48)60)40-26-32-53-47(34-40)45-18-10-12-20-51(45)59(53)43-16-8-5-9-17-43/h5-6,8-15,17-39H,2-4,7,16H2,1H3;4-36H,1-3H3. The molecule has 0 amide bonds. The Morgan fingerprint density at radius 2 is 0.475 bits per heavy atom. The predicted molar refractivity (Wildman–Crippen MR) is 511 cm³/mol. The first kappa shape index (κ1) is 74.4. The number of nitrogens with zero attached hydrogens (tertiary/aromatic N) is 8. The number of aryl methyl sites for hydroxylation is 1. The number of hydrogen-bond donors (Lipinski definition) is 0. The molecule has 16 aromatic carbocycles. The molecule has 8 nitrogen and oxygen atoms in total. The molecule has 0 saturated heterocycles. The molecule has 0 fully saturated rings. The minimum absolute atomic E-state index is 0.0758. The lowest BCUT2D eigenvalue weighted by atomic mass is 9.86. The quantitative estimate of drug-likeness (QED) is 0.0852. The van der Waals surface area contributed by atoms with Crippen molar-refractivity contribution >= 4 is 87.2 Å². The van der Waals surface area contributed by atoms with Crippen molar-refractivity contribution in [2.24, 2.45) is 0 Å². The molecule has 6 aromatic heterocycles. The zero-order chi connectivity index (χ0) is 81.8. The summed E-state index contributed by atoms with van der Waals surface area (Å²) >= 11 is 0. The summed E-state index contributed by atoms with van der Waals surface area (Å²) in [4.78, 5) is 20.4. The summed E-state index contributed by atoms with van der Waals surface area (Å²) in [6.45, 7) is 8.99. The van der Waals surface area contributed by atoms with Crippen molar-refractivity contribution in [2.45, 2.75) is 65.2 Å². The number of benzene rings is 16. The molecule has 0 spiro atoms. The molecule has 0 aliphatic heterocycles. The maximum atomic E-state index is 5.14. The van der Waals surface area contributed by atoms with E-state index < -0.39 is 0 Å². The number of fused-ring (bicyclic) bond motifs is 12. The average Bonchev–Trinajstić information content (AvgIpc) is 1.59. The molecule has 0 radical (unpaired) electrons. The van der Waals surface area contributed by atoms with Crippen LogP contribution in [-0.4, -0.2) is 38.2 Å². The molecule has 8 heteroatoms. The molecule has 0 unspecified atom stereocenters. The van der Waals surface area contributed by atoms with E-state index in [0.29, 0.717) is 5.82 Å². The lowest BCUT2D eigenvalue weighted by Gasteiger charge is -2.19. The van der Waals surface area contributed by atoms with E-state index in [1.807, 2.05) is 36.4 Å². The molecule has 0 aliphatic rings. The minimum Gasteiger partial charge on any atom is -0.309 e. The van der Waals surface area contributed by atoms with Crippen LogP contribution in [0.5, 0.6) is 0 Å². The zero-order valence-electron chi connectivity index (χ0n) is 68.7. The summed E-state index contributed by atoms with van der Waals surface area (Å²) in [6.07, 6.45) is 6.18. The first-order valence-electron chi connectivity index (χ1n) is 42.6. The summed E-state index contributed by atoms with van der Waals surface area (Å²) in [5.41, 5.74) is 31.5. The van der Waals surface area contributed by atoms with Gasteiger partial charge >= 0.3 is 0 Å². The average molecular weight is 1570 g/mol. The van der Waals surface area contributed by atoms with Crippen LogP contribution in [0.25, 0.3) is 200 Å². The second kappa shape index (κ2) is 31.6. The van der Waals surface area contributed by atoms with Crippen LogP contribution in [0.3, 0.4) is 0 Å². The fourth-order valence-electron chi connectivity index (χ4n) is 18.1. The Morgan fingerprint density at radius 1 is 0.213 bits per heavy atom. The monoisotopic (exact) mass is 1570 g/mol. The molecule has 0 bridgehead atoms. The highest BCUT2D eigenvalue weighted by molar-refractivity contribution is 6.15. The van der Waals surface area contributed by atoms with Crippen molar-refractivity contribution in [1.29, 1.82) is 0 Å². The van der Waals surface area contributed by atoms with E-state index >= 15 is 0 Å². The van der Waals surface area contributed by atoms with Gasteiger partial charge in [-0.25, -0.2) is 19.9 Å². The van der Waals surface area contributed by atoms with Gasteiger partial charge in [0, 0.05) is 99.2 Å². The molecule has 0 atom stereocenters. The van der Waals surface area contributed by atoms with Crippen LogP contribution < -0.4 is 0 Å². The Balaban J connectivity index is 0.000000150. The van der Waals surface area contributed by atoms with Crippen LogP contribution in [0.15, 0.2) is 400 Å². The maximum Gasteiger partial charge on any atom is 0.160 e. The van der Waals surface area contributed by atoms with Gasteiger partial charge in [-0.1, -0.05) is 314 Å². The van der Waals surface area contributed by atoms with E-state index in [2.05, 4.69) is 410 Å². The highest BCUT2D eigenvalue weighted by atomic mass is 15.0. The number of aromatic nitrogens is 8. The van der Waals surface area contributed by atoms with E-state index in [4.69, 9.17) is 19.9 Å². The number of hydrogen-bond acceptors (Lipinski definition) is 4. The second-order valence-electron chi connectivity index (χ2n) is 33.1. The Kier molecular flexibility index (Phi) is 19.3. The lowest BCUT2D eigenvalue weighted by Crippen LogP contribution is -2.10. The van der Waals surface area contributed by atoms with Gasteiger partial charge in [0.25, 0.3) is 0 Å². The number of rotatable bonds is 17. The van der Waals surface area contributed by atoms with Crippen LogP contribution in [-0.2, 0) is 11.8 Å². The summed E-state index contributed by atoms with van der Waals surface area (Å²) in [5.74, 6) is 1.44. The third kappa shape index (κ3) is 13.9. The van der Waals surface area contributed by atoms with Crippen molar-refractivity contribution in [3.05, 3.63) is 412 Å². The van der Waals surface area contributed by atoms with Crippen molar-refractivity contribution in [3.63, 3.8) is 0 Å². The highest BCUT2D eigenvalue weighted by Gasteiger charge is 2.23. The van der Waals surface area contributed by atoms with Crippen LogP contribution in [0, 0.1) is 0 Å². The van der Waals surface area contributed by atoms with Gasteiger partial charge in [0.1, 0.15) is 0 Å². The molecule has 122 heavy (non-hydrogen) atoms. The Hall–Kier alpha value is -15.1. The summed E-state index contributed by atoms with van der Waals surface area (Å²) in [5, 5.41) is 9.93. The largest absolute Gasteiger partial charge is 0.309 e. The fourth-order valence-corrected chi connectivity index (χ4v) is 18.1. The van der Waals surface area contributed by atoms with E-state index in [0.717, 1.165) is 79.8 Å². The molecule has 6 heterocycles. The van der Waals surface area contributed by atoms with E-state index in [9.17, 15) is 0 Å². The van der Waals surface area contributed by atoms with Gasteiger partial charge in [-0.2, -0.15) is 0 Å². The summed E-state index contributed by atoms with van der Waals surface area (Å²) in [6, 6.07) is 144. The second-order valence-corrected chi connectivity index (χ2v) is 33.1. The van der Waals surface area contributed by atoms with Gasteiger partial charge < -0.3 is 18.3 Å². The topological polar surface area (TPSA) is 71.3 Å². The SMILES string of the molecule is CC(C)(C)c1ccc(-c2cc(-c3ccc(-n4c5ccccc5c5cc(-c6ccc7c(c6)c6ccccc6n7-c6ccccc6)ccc54)cc3)nc(-c3ccccc3)n2)cc1.CCCCCCc1ccc(-c2cc(-c3ccc(-n4c5ccccc5c5cc(-c6ccc7c(c6)c6ccccc6n7-c6ccccc6)ccc54)cc3)nc(-c3ccccc3)n2)cc1. The Morgan fingerprint density at radius 3 is 0.787 bits per heavy atom. The number of para-hydroxylation sites is 6. The fraction of sp³-hybridized carbons (Fsp3) is 0.0877. The summed E-state index contributed by atoms with van der Waals surface area (Å²) < 4.78 is 9.51. The Bertz CT molecular complexity index is 7640. The molecule has 0 N–H and O–H groups in total. The van der Waals surface area contributed by atoms with Gasteiger partial charge in [0.15, 0.2) is 11.6 Å². The Labute approximate surface area is 710 Å². The first-order chi connectivity index (χ1) is 60.1. The van der Waals surface area contributed by atoms with Crippen molar-refractivity contribution in [2.75, 3.05) is 0 Å². The third-order valence-corrected chi connectivity index (χ3v) is 24.4. The smallest absolute Gasteiger partial charge is 0.160 e. The first-order valence-corrected chi connectivity index (χ1v) is 42.6. The van der Waals surface area contributed by atoms with Crippen molar-refractivity contribution < 1.29 is 0 Å². The van der Waals surface area contributed by atoms with Gasteiger partial charge in [0.2, 0.25) is 0 Å². The molecule has 0 aliphatic carbocycles. The van der Waals surface area contributed by atoms with Crippen molar-refractivity contribution in [1.82, 2.24) is 38.2 Å². The zero-order valence-corrected chi connectivity index (χ0v) is 68.7. The van der Waals surface area contributed by atoms with E-state index in [1.165, 1.54) is 158 Å². The van der Waals surface area contributed by atoms with Crippen molar-refractivity contribution in [3.8, 4) is 113 Å².